The fourth-order valence-corrected chi connectivity index (χ4v) is 4.81. The van der Waals surface area contributed by atoms with Crippen LogP contribution in [0.4, 0.5) is 5.69 Å². The Balaban J connectivity index is 0.00000133. The van der Waals surface area contributed by atoms with Crippen LogP contribution in [0.2, 0.25) is 0 Å². The number of hydrogen-bond donors (Lipinski definition) is 1. The smallest absolute Gasteiger partial charge is 0.259 e. The van der Waals surface area contributed by atoms with E-state index in [1.807, 2.05) is 49.0 Å². The molecule has 8 nitrogen and oxygen atoms in total. The zero-order valence-electron chi connectivity index (χ0n) is 20.2. The number of carbonyl (C=O) groups is 3. The first-order chi connectivity index (χ1) is 16.5. The maximum atomic E-state index is 13.2. The quantitative estimate of drug-likeness (QED) is 0.556. The van der Waals surface area contributed by atoms with Gasteiger partial charge in [-0.3, -0.25) is 24.6 Å². The summed E-state index contributed by atoms with van der Waals surface area (Å²) in [6, 6.07) is 8.86. The Hall–Kier alpha value is -3.55. The standard InChI is InChI=1S/C24H25N5O3.C2H6/c1-3-5-14(2)18-13-28(27-26-18)12-15-8-9-19-22-16(15)6-4-7-17(22)24(32)29(19)20-10-11-21(30)25-23(20)31;1-2/h4,6-9,13-14,20H,3,5,10-12H2,1-2H3,(H,25,30,31);1-2H3. The molecule has 2 atom stereocenters. The molecule has 1 fully saturated rings. The van der Waals surface area contributed by atoms with E-state index in [0.29, 0.717) is 24.4 Å². The molecule has 1 saturated heterocycles. The predicted octanol–water partition coefficient (Wildman–Crippen LogP) is 4.17. The molecule has 0 radical (unpaired) electrons. The zero-order chi connectivity index (χ0) is 24.4. The molecule has 1 N–H and O–H groups in total. The predicted molar refractivity (Wildman–Crippen MR) is 131 cm³/mol. The van der Waals surface area contributed by atoms with E-state index >= 15 is 0 Å². The summed E-state index contributed by atoms with van der Waals surface area (Å²) >= 11 is 0. The van der Waals surface area contributed by atoms with Gasteiger partial charge in [0.25, 0.3) is 5.91 Å². The average Bonchev–Trinajstić information content (AvgIpc) is 3.41. The molecular formula is C26H31N5O3. The van der Waals surface area contributed by atoms with Crippen molar-refractivity contribution in [2.75, 3.05) is 4.90 Å². The van der Waals surface area contributed by atoms with E-state index in [1.54, 1.807) is 11.0 Å². The molecule has 0 saturated carbocycles. The van der Waals surface area contributed by atoms with Crippen LogP contribution in [0, 0.1) is 0 Å². The Labute approximate surface area is 199 Å². The molecule has 3 heterocycles. The molecule has 5 rings (SSSR count). The van der Waals surface area contributed by atoms with E-state index in [2.05, 4.69) is 29.5 Å². The van der Waals surface area contributed by atoms with E-state index in [4.69, 9.17) is 0 Å². The van der Waals surface area contributed by atoms with E-state index in [-0.39, 0.29) is 18.2 Å². The van der Waals surface area contributed by atoms with Crippen molar-refractivity contribution in [2.45, 2.75) is 71.9 Å². The molecule has 178 valence electrons. The third kappa shape index (κ3) is 4.08. The fourth-order valence-electron chi connectivity index (χ4n) is 4.81. The normalized spacial score (nSPS) is 18.1. The third-order valence-electron chi connectivity index (χ3n) is 6.45. The van der Waals surface area contributed by atoms with Crippen molar-refractivity contribution in [3.05, 3.63) is 53.3 Å². The number of nitrogens with zero attached hydrogens (tertiary/aromatic N) is 4. The van der Waals surface area contributed by atoms with Gasteiger partial charge in [-0.25, -0.2) is 4.68 Å². The lowest BCUT2D eigenvalue weighted by molar-refractivity contribution is -0.134. The lowest BCUT2D eigenvalue weighted by Gasteiger charge is -2.30. The second kappa shape index (κ2) is 9.75. The minimum atomic E-state index is -0.681. The molecule has 1 aromatic heterocycles. The van der Waals surface area contributed by atoms with Gasteiger partial charge in [-0.05, 0) is 35.9 Å². The Bertz CT molecular complexity index is 1250. The molecule has 34 heavy (non-hydrogen) atoms. The highest BCUT2D eigenvalue weighted by atomic mass is 16.2. The van der Waals surface area contributed by atoms with E-state index < -0.39 is 11.9 Å². The van der Waals surface area contributed by atoms with E-state index in [9.17, 15) is 14.4 Å². The zero-order valence-corrected chi connectivity index (χ0v) is 20.2. The topological polar surface area (TPSA) is 97.2 Å². The highest BCUT2D eigenvalue weighted by molar-refractivity contribution is 6.27. The molecule has 0 spiro atoms. The number of benzene rings is 2. The first-order valence-corrected chi connectivity index (χ1v) is 12.1. The number of hydrogen-bond acceptors (Lipinski definition) is 5. The number of amides is 3. The largest absolute Gasteiger partial charge is 0.295 e. The number of nitrogens with one attached hydrogen (secondary N) is 1. The molecule has 0 aliphatic carbocycles. The Kier molecular flexibility index (Phi) is 6.77. The Morgan fingerprint density at radius 2 is 1.94 bits per heavy atom. The summed E-state index contributed by atoms with van der Waals surface area (Å²) in [5.74, 6) is -0.553. The second-order valence-electron chi connectivity index (χ2n) is 8.64. The van der Waals surface area contributed by atoms with E-state index in [0.717, 1.165) is 40.6 Å². The molecular weight excluding hydrogens is 430 g/mol. The minimum Gasteiger partial charge on any atom is -0.295 e. The molecule has 2 aromatic carbocycles. The summed E-state index contributed by atoms with van der Waals surface area (Å²) in [7, 11) is 0. The van der Waals surface area contributed by atoms with Crippen LogP contribution in [0.15, 0.2) is 36.5 Å². The summed E-state index contributed by atoms with van der Waals surface area (Å²) in [6.07, 6.45) is 4.71. The highest BCUT2D eigenvalue weighted by Gasteiger charge is 2.40. The van der Waals surface area contributed by atoms with Crippen LogP contribution >= 0.6 is 0 Å². The van der Waals surface area contributed by atoms with Crippen LogP contribution < -0.4 is 10.2 Å². The van der Waals surface area contributed by atoms with Crippen molar-refractivity contribution in [3.63, 3.8) is 0 Å². The van der Waals surface area contributed by atoms with Gasteiger partial charge in [0.2, 0.25) is 11.8 Å². The van der Waals surface area contributed by atoms with E-state index in [1.165, 1.54) is 0 Å². The first-order valence-electron chi connectivity index (χ1n) is 12.1. The minimum absolute atomic E-state index is 0.200. The number of piperidine rings is 1. The maximum absolute atomic E-state index is 13.2. The van der Waals surface area contributed by atoms with Crippen LogP contribution in [0.5, 0.6) is 0 Å². The van der Waals surface area contributed by atoms with Gasteiger partial charge in [0.1, 0.15) is 6.04 Å². The molecule has 0 bridgehead atoms. The van der Waals surface area contributed by atoms with Gasteiger partial charge in [-0.15, -0.1) is 5.10 Å². The van der Waals surface area contributed by atoms with Crippen molar-refractivity contribution >= 4 is 34.2 Å². The van der Waals surface area contributed by atoms with Crippen LogP contribution in [-0.4, -0.2) is 38.8 Å². The molecule has 3 aromatic rings. The van der Waals surface area contributed by atoms with Gasteiger partial charge in [-0.1, -0.05) is 57.5 Å². The van der Waals surface area contributed by atoms with Crippen molar-refractivity contribution in [2.24, 2.45) is 0 Å². The van der Waals surface area contributed by atoms with Gasteiger partial charge in [0.05, 0.1) is 17.9 Å². The molecule has 2 unspecified atom stereocenters. The van der Waals surface area contributed by atoms with Gasteiger partial charge in [0.15, 0.2) is 0 Å². The summed E-state index contributed by atoms with van der Waals surface area (Å²) in [5, 5.41) is 12.8. The van der Waals surface area contributed by atoms with Crippen LogP contribution in [0.1, 0.15) is 80.9 Å². The lowest BCUT2D eigenvalue weighted by atomic mass is 10.00. The van der Waals surface area contributed by atoms with Crippen molar-refractivity contribution < 1.29 is 14.4 Å². The molecule has 3 amide bonds. The third-order valence-corrected chi connectivity index (χ3v) is 6.45. The summed E-state index contributed by atoms with van der Waals surface area (Å²) in [6.45, 7) is 8.86. The monoisotopic (exact) mass is 461 g/mol. The van der Waals surface area contributed by atoms with Gasteiger partial charge in [0, 0.05) is 29.5 Å². The number of anilines is 1. The summed E-state index contributed by atoms with van der Waals surface area (Å²) in [5.41, 5.74) is 3.31. The van der Waals surface area contributed by atoms with Crippen molar-refractivity contribution in [1.29, 1.82) is 0 Å². The molecule has 8 heteroatoms. The van der Waals surface area contributed by atoms with Crippen LogP contribution in [0.3, 0.4) is 0 Å². The maximum Gasteiger partial charge on any atom is 0.259 e. The summed E-state index contributed by atoms with van der Waals surface area (Å²) in [4.78, 5) is 38.8. The van der Waals surface area contributed by atoms with Crippen molar-refractivity contribution in [1.82, 2.24) is 20.3 Å². The Morgan fingerprint density at radius 1 is 1.15 bits per heavy atom. The lowest BCUT2D eigenvalue weighted by Crippen LogP contribution is -2.53. The average molecular weight is 462 g/mol. The summed E-state index contributed by atoms with van der Waals surface area (Å²) < 4.78 is 1.83. The van der Waals surface area contributed by atoms with Gasteiger partial charge < -0.3 is 0 Å². The number of aromatic nitrogens is 3. The van der Waals surface area contributed by atoms with Crippen molar-refractivity contribution in [3.8, 4) is 0 Å². The highest BCUT2D eigenvalue weighted by Crippen LogP contribution is 2.41. The number of carbonyl (C=O) groups excluding carboxylic acids is 3. The Morgan fingerprint density at radius 3 is 2.68 bits per heavy atom. The fraction of sp³-hybridized carbons (Fsp3) is 0.423. The van der Waals surface area contributed by atoms with Gasteiger partial charge in [-0.2, -0.15) is 0 Å². The number of rotatable bonds is 6. The molecule has 2 aliphatic rings. The number of imide groups is 1. The molecule has 2 aliphatic heterocycles. The second-order valence-corrected chi connectivity index (χ2v) is 8.64. The van der Waals surface area contributed by atoms with Crippen LogP contribution in [-0.2, 0) is 16.1 Å². The SMILES string of the molecule is CC.CCCC(C)c1cn(Cc2ccc3c4c(cccc24)C(=O)N3C2CCC(=O)NC2=O)nn1. The van der Waals surface area contributed by atoms with Crippen LogP contribution in [0.25, 0.3) is 10.8 Å². The first kappa shape index (κ1) is 23.6. The van der Waals surface area contributed by atoms with Gasteiger partial charge >= 0.3 is 0 Å².